The lowest BCUT2D eigenvalue weighted by Crippen LogP contribution is -2.60. The number of nitrogens with one attached hydrogen (secondary N) is 1. The SMILES string of the molecule is OC1(c2nn[nH]n2)CN(c2ncc(C(F)(F)F)cc2Cl)C1. The molecule has 3 heterocycles. The summed E-state index contributed by atoms with van der Waals surface area (Å²) >= 11 is 5.83. The number of hydrogen-bond donors (Lipinski definition) is 2. The molecule has 11 heteroatoms. The summed E-state index contributed by atoms with van der Waals surface area (Å²) in [6.07, 6.45) is -3.80. The maximum Gasteiger partial charge on any atom is 0.417 e. The number of halogens is 4. The number of aliphatic hydroxyl groups is 1. The second-order valence-electron chi connectivity index (χ2n) is 4.65. The van der Waals surface area contributed by atoms with Crippen molar-refractivity contribution >= 4 is 17.4 Å². The lowest BCUT2D eigenvalue weighted by Gasteiger charge is -2.45. The van der Waals surface area contributed by atoms with Crippen LogP contribution in [-0.4, -0.2) is 43.8 Å². The summed E-state index contributed by atoms with van der Waals surface area (Å²) in [4.78, 5) is 5.24. The van der Waals surface area contributed by atoms with Crippen LogP contribution >= 0.6 is 11.6 Å². The molecule has 2 N–H and O–H groups in total. The van der Waals surface area contributed by atoms with Gasteiger partial charge in [0.15, 0.2) is 5.60 Å². The predicted molar refractivity (Wildman–Crippen MR) is 64.5 cm³/mol. The Labute approximate surface area is 120 Å². The maximum absolute atomic E-state index is 12.5. The molecule has 1 fully saturated rings. The number of pyridine rings is 1. The first-order chi connectivity index (χ1) is 9.79. The summed E-state index contributed by atoms with van der Waals surface area (Å²) in [5, 5.41) is 23.0. The third-order valence-corrected chi connectivity index (χ3v) is 3.39. The summed E-state index contributed by atoms with van der Waals surface area (Å²) in [5.41, 5.74) is -2.24. The van der Waals surface area contributed by atoms with Crippen molar-refractivity contribution in [3.05, 3.63) is 28.7 Å². The molecule has 0 saturated carbocycles. The molecule has 3 rings (SSSR count). The quantitative estimate of drug-likeness (QED) is 0.857. The van der Waals surface area contributed by atoms with Crippen LogP contribution in [0.15, 0.2) is 12.3 Å². The van der Waals surface area contributed by atoms with Crippen LogP contribution in [0, 0.1) is 0 Å². The predicted octanol–water partition coefficient (Wildman–Crippen LogP) is 0.975. The monoisotopic (exact) mass is 320 g/mol. The Bertz CT molecular complexity index is 655. The van der Waals surface area contributed by atoms with E-state index in [2.05, 4.69) is 25.6 Å². The Hall–Kier alpha value is -1.94. The van der Waals surface area contributed by atoms with Gasteiger partial charge in [-0.1, -0.05) is 16.8 Å². The fourth-order valence-corrected chi connectivity index (χ4v) is 2.34. The van der Waals surface area contributed by atoms with Gasteiger partial charge in [0, 0.05) is 6.20 Å². The normalized spacial score (nSPS) is 17.7. The molecule has 21 heavy (non-hydrogen) atoms. The second kappa shape index (κ2) is 4.53. The molecule has 0 radical (unpaired) electrons. The molecule has 1 saturated heterocycles. The van der Waals surface area contributed by atoms with E-state index in [4.69, 9.17) is 11.6 Å². The van der Waals surface area contributed by atoms with Gasteiger partial charge in [-0.25, -0.2) is 4.98 Å². The molecule has 7 nitrogen and oxygen atoms in total. The van der Waals surface area contributed by atoms with E-state index < -0.39 is 17.3 Å². The van der Waals surface area contributed by atoms with E-state index in [1.807, 2.05) is 0 Å². The molecule has 0 bridgehead atoms. The maximum atomic E-state index is 12.5. The minimum Gasteiger partial charge on any atom is -0.378 e. The lowest BCUT2D eigenvalue weighted by molar-refractivity contribution is -0.137. The number of β-amino-alcohol motifs (C(OH)–C–C–N with tert-alkyl or cyclic N) is 1. The van der Waals surface area contributed by atoms with Gasteiger partial charge >= 0.3 is 6.18 Å². The third-order valence-electron chi connectivity index (χ3n) is 3.12. The number of alkyl halides is 3. The molecular formula is C10H8ClF3N6O. The molecular weight excluding hydrogens is 313 g/mol. The Morgan fingerprint density at radius 1 is 1.38 bits per heavy atom. The van der Waals surface area contributed by atoms with Gasteiger partial charge in [0.25, 0.3) is 0 Å². The third kappa shape index (κ3) is 2.40. The van der Waals surface area contributed by atoms with Crippen molar-refractivity contribution in [1.82, 2.24) is 25.6 Å². The smallest absolute Gasteiger partial charge is 0.378 e. The Kier molecular flexibility index (Phi) is 3.02. The van der Waals surface area contributed by atoms with Gasteiger partial charge in [-0.15, -0.1) is 10.2 Å². The Morgan fingerprint density at radius 2 is 2.10 bits per heavy atom. The highest BCUT2D eigenvalue weighted by Gasteiger charge is 2.47. The van der Waals surface area contributed by atoms with E-state index in [1.54, 1.807) is 0 Å². The molecule has 1 aliphatic rings. The number of tetrazole rings is 1. The number of rotatable bonds is 2. The Morgan fingerprint density at radius 3 is 2.62 bits per heavy atom. The molecule has 0 aromatic carbocycles. The van der Waals surface area contributed by atoms with Crippen LogP contribution in [0.4, 0.5) is 19.0 Å². The molecule has 0 spiro atoms. The number of H-pyrrole nitrogens is 1. The highest BCUT2D eigenvalue weighted by Crippen LogP contribution is 2.38. The molecule has 112 valence electrons. The van der Waals surface area contributed by atoms with Crippen molar-refractivity contribution in [3.8, 4) is 0 Å². The number of aromatic nitrogens is 5. The zero-order valence-electron chi connectivity index (χ0n) is 10.3. The summed E-state index contributed by atoms with van der Waals surface area (Å²) in [7, 11) is 0. The van der Waals surface area contributed by atoms with Gasteiger partial charge in [-0.3, -0.25) is 0 Å². The van der Waals surface area contributed by atoms with Crippen molar-refractivity contribution in [1.29, 1.82) is 0 Å². The van der Waals surface area contributed by atoms with E-state index >= 15 is 0 Å². The molecule has 0 aliphatic carbocycles. The topological polar surface area (TPSA) is 90.8 Å². The standard InChI is InChI=1S/C10H8ClF3N6O/c11-6-1-5(10(12,13)14)2-15-7(6)20-3-9(21,4-20)8-16-18-19-17-8/h1-2,21H,3-4H2,(H,16,17,18,19). The van der Waals surface area contributed by atoms with Crippen molar-refractivity contribution in [3.63, 3.8) is 0 Å². The van der Waals surface area contributed by atoms with Gasteiger partial charge in [0.2, 0.25) is 5.82 Å². The second-order valence-corrected chi connectivity index (χ2v) is 5.06. The van der Waals surface area contributed by atoms with Crippen LogP contribution in [0.1, 0.15) is 11.4 Å². The van der Waals surface area contributed by atoms with Crippen LogP contribution in [0.5, 0.6) is 0 Å². The minimum atomic E-state index is -4.50. The van der Waals surface area contributed by atoms with E-state index in [1.165, 1.54) is 4.90 Å². The zero-order chi connectivity index (χ0) is 15.3. The largest absolute Gasteiger partial charge is 0.417 e. The fourth-order valence-electron chi connectivity index (χ4n) is 2.05. The summed E-state index contributed by atoms with van der Waals surface area (Å²) < 4.78 is 37.6. The van der Waals surface area contributed by atoms with Crippen LogP contribution in [0.2, 0.25) is 5.02 Å². The molecule has 0 amide bonds. The number of aromatic amines is 1. The first kappa shape index (κ1) is 14.0. The first-order valence-electron chi connectivity index (χ1n) is 5.73. The van der Waals surface area contributed by atoms with Crippen molar-refractivity contribution in [2.24, 2.45) is 0 Å². The highest BCUT2D eigenvalue weighted by atomic mass is 35.5. The number of hydrogen-bond acceptors (Lipinski definition) is 6. The van der Waals surface area contributed by atoms with Crippen LogP contribution < -0.4 is 4.90 Å². The molecule has 2 aromatic heterocycles. The van der Waals surface area contributed by atoms with Gasteiger partial charge in [-0.05, 0) is 6.07 Å². The van der Waals surface area contributed by atoms with Gasteiger partial charge in [0.1, 0.15) is 5.82 Å². The molecule has 0 unspecified atom stereocenters. The molecule has 2 aromatic rings. The van der Waals surface area contributed by atoms with Crippen LogP contribution in [0.3, 0.4) is 0 Å². The first-order valence-corrected chi connectivity index (χ1v) is 6.11. The highest BCUT2D eigenvalue weighted by molar-refractivity contribution is 6.33. The molecule has 1 aliphatic heterocycles. The van der Waals surface area contributed by atoms with Crippen LogP contribution in [0.25, 0.3) is 0 Å². The van der Waals surface area contributed by atoms with Gasteiger partial charge in [-0.2, -0.15) is 18.4 Å². The van der Waals surface area contributed by atoms with E-state index in [-0.39, 0.29) is 29.8 Å². The number of anilines is 1. The summed E-state index contributed by atoms with van der Waals surface area (Å²) in [6.45, 7) is 0.120. The van der Waals surface area contributed by atoms with E-state index in [0.717, 1.165) is 6.07 Å². The van der Waals surface area contributed by atoms with E-state index in [9.17, 15) is 18.3 Å². The van der Waals surface area contributed by atoms with Crippen LogP contribution in [-0.2, 0) is 11.8 Å². The Balaban J connectivity index is 1.79. The summed E-state index contributed by atoms with van der Waals surface area (Å²) in [6, 6.07) is 0.801. The van der Waals surface area contributed by atoms with Crippen molar-refractivity contribution in [2.75, 3.05) is 18.0 Å². The minimum absolute atomic E-state index is 0.0601. The average Bonchev–Trinajstić information content (AvgIpc) is 2.88. The molecule has 0 atom stereocenters. The average molecular weight is 321 g/mol. The number of nitrogens with zero attached hydrogens (tertiary/aromatic N) is 5. The summed E-state index contributed by atoms with van der Waals surface area (Å²) in [5.74, 6) is 0.277. The fraction of sp³-hybridized carbons (Fsp3) is 0.400. The van der Waals surface area contributed by atoms with Gasteiger partial charge < -0.3 is 10.0 Å². The van der Waals surface area contributed by atoms with E-state index in [0.29, 0.717) is 6.20 Å². The zero-order valence-corrected chi connectivity index (χ0v) is 11.0. The van der Waals surface area contributed by atoms with Crippen molar-refractivity contribution in [2.45, 2.75) is 11.8 Å². The van der Waals surface area contributed by atoms with Gasteiger partial charge in [0.05, 0.1) is 23.7 Å². The van der Waals surface area contributed by atoms with Crippen molar-refractivity contribution < 1.29 is 18.3 Å². The lowest BCUT2D eigenvalue weighted by atomic mass is 9.93.